The molecule has 1 atom stereocenters. The zero-order chi connectivity index (χ0) is 13.0. The molecule has 2 rings (SSSR count). The summed E-state index contributed by atoms with van der Waals surface area (Å²) in [6.07, 6.45) is 3.87. The van der Waals surface area contributed by atoms with Gasteiger partial charge in [-0.3, -0.25) is 0 Å². The molecule has 1 N–H and O–H groups in total. The second kappa shape index (κ2) is 5.83. The minimum Gasteiger partial charge on any atom is -0.334 e. The highest BCUT2D eigenvalue weighted by Gasteiger charge is 2.04. The van der Waals surface area contributed by atoms with E-state index >= 15 is 0 Å². The Morgan fingerprint density at radius 2 is 1.94 bits per heavy atom. The monoisotopic (exact) mass is 243 g/mol. The highest BCUT2D eigenvalue weighted by molar-refractivity contribution is 5.23. The maximum Gasteiger partial charge on any atom is 0.105 e. The van der Waals surface area contributed by atoms with Gasteiger partial charge in [-0.25, -0.2) is 4.98 Å². The smallest absolute Gasteiger partial charge is 0.105 e. The van der Waals surface area contributed by atoms with E-state index in [1.165, 1.54) is 11.1 Å². The van der Waals surface area contributed by atoms with Gasteiger partial charge in [0.25, 0.3) is 0 Å². The molecule has 0 bridgehead atoms. The van der Waals surface area contributed by atoms with Crippen molar-refractivity contribution in [1.82, 2.24) is 14.9 Å². The first kappa shape index (κ1) is 12.8. The minimum atomic E-state index is 0.384. The second-order valence-electron chi connectivity index (χ2n) is 4.75. The van der Waals surface area contributed by atoms with Crippen molar-refractivity contribution >= 4 is 0 Å². The van der Waals surface area contributed by atoms with Crippen molar-refractivity contribution in [3.05, 3.63) is 53.6 Å². The van der Waals surface area contributed by atoms with E-state index in [0.717, 1.165) is 18.9 Å². The summed E-state index contributed by atoms with van der Waals surface area (Å²) in [7, 11) is 0. The molecule has 1 unspecified atom stereocenters. The number of nitrogens with zero attached hydrogens (tertiary/aromatic N) is 2. The lowest BCUT2D eigenvalue weighted by Gasteiger charge is -2.15. The van der Waals surface area contributed by atoms with Gasteiger partial charge in [0.2, 0.25) is 0 Å². The Morgan fingerprint density at radius 3 is 2.56 bits per heavy atom. The van der Waals surface area contributed by atoms with Gasteiger partial charge in [0.05, 0.1) is 0 Å². The van der Waals surface area contributed by atoms with Crippen molar-refractivity contribution < 1.29 is 0 Å². The van der Waals surface area contributed by atoms with Crippen molar-refractivity contribution in [3.8, 4) is 0 Å². The quantitative estimate of drug-likeness (QED) is 0.875. The fourth-order valence-corrected chi connectivity index (χ4v) is 2.01. The van der Waals surface area contributed by atoms with Crippen LogP contribution in [0, 0.1) is 13.8 Å². The summed E-state index contributed by atoms with van der Waals surface area (Å²) in [6.45, 7) is 8.26. The van der Waals surface area contributed by atoms with Crippen molar-refractivity contribution in [2.24, 2.45) is 0 Å². The Labute approximate surface area is 109 Å². The lowest BCUT2D eigenvalue weighted by atomic mass is 10.1. The summed E-state index contributed by atoms with van der Waals surface area (Å²) in [5, 5.41) is 3.54. The third-order valence-electron chi connectivity index (χ3n) is 3.30. The number of hydrogen-bond donors (Lipinski definition) is 1. The molecule has 18 heavy (non-hydrogen) atoms. The molecule has 2 aromatic rings. The lowest BCUT2D eigenvalue weighted by molar-refractivity contribution is 0.526. The highest BCUT2D eigenvalue weighted by Crippen LogP contribution is 2.12. The van der Waals surface area contributed by atoms with Crippen molar-refractivity contribution in [1.29, 1.82) is 0 Å². The zero-order valence-electron chi connectivity index (χ0n) is 11.4. The van der Waals surface area contributed by atoms with Crippen LogP contribution < -0.4 is 5.32 Å². The molecule has 0 amide bonds. The van der Waals surface area contributed by atoms with E-state index in [1.54, 1.807) is 0 Å². The number of benzene rings is 1. The molecule has 1 aromatic heterocycles. The summed E-state index contributed by atoms with van der Waals surface area (Å²) in [5.41, 5.74) is 2.64. The summed E-state index contributed by atoms with van der Waals surface area (Å²) in [6, 6.07) is 9.08. The average Bonchev–Trinajstić information content (AvgIpc) is 2.76. The Morgan fingerprint density at radius 1 is 1.22 bits per heavy atom. The second-order valence-corrected chi connectivity index (χ2v) is 4.75. The topological polar surface area (TPSA) is 29.9 Å². The fourth-order valence-electron chi connectivity index (χ4n) is 2.01. The van der Waals surface area contributed by atoms with Gasteiger partial charge >= 0.3 is 0 Å². The van der Waals surface area contributed by atoms with E-state index in [-0.39, 0.29) is 0 Å². The molecule has 0 aliphatic heterocycles. The van der Waals surface area contributed by atoms with Crippen molar-refractivity contribution in [2.75, 3.05) is 6.54 Å². The third kappa shape index (κ3) is 3.20. The summed E-state index contributed by atoms with van der Waals surface area (Å²) in [4.78, 5) is 4.22. The van der Waals surface area contributed by atoms with E-state index in [2.05, 4.69) is 53.0 Å². The molecule has 1 heterocycles. The molecule has 0 radical (unpaired) electrons. The SMILES string of the molecule is Cc1ccc(C(C)NCCn2ccnc2C)cc1. The van der Waals surface area contributed by atoms with E-state index < -0.39 is 0 Å². The normalized spacial score (nSPS) is 12.6. The van der Waals surface area contributed by atoms with E-state index in [0.29, 0.717) is 6.04 Å². The van der Waals surface area contributed by atoms with Gasteiger partial charge in [-0.2, -0.15) is 0 Å². The van der Waals surface area contributed by atoms with Gasteiger partial charge in [-0.15, -0.1) is 0 Å². The van der Waals surface area contributed by atoms with Crippen LogP contribution in [0.15, 0.2) is 36.7 Å². The van der Waals surface area contributed by atoms with Crippen molar-refractivity contribution in [2.45, 2.75) is 33.4 Å². The van der Waals surface area contributed by atoms with Gasteiger partial charge in [-0.05, 0) is 26.3 Å². The molecule has 0 aliphatic carbocycles. The number of aryl methyl sites for hydroxylation is 2. The molecule has 0 saturated carbocycles. The molecule has 96 valence electrons. The number of imidazole rings is 1. The summed E-state index contributed by atoms with van der Waals surface area (Å²) in [5.74, 6) is 1.07. The maximum absolute atomic E-state index is 4.22. The molecule has 0 saturated heterocycles. The van der Waals surface area contributed by atoms with Gasteiger partial charge in [0, 0.05) is 31.5 Å². The van der Waals surface area contributed by atoms with Gasteiger partial charge in [0.1, 0.15) is 5.82 Å². The standard InChI is InChI=1S/C15H21N3/c1-12-4-6-15(7-5-12)13(2)16-8-10-18-11-9-17-14(18)3/h4-7,9,11,13,16H,8,10H2,1-3H3. The minimum absolute atomic E-state index is 0.384. The predicted molar refractivity (Wildman–Crippen MR) is 74.6 cm³/mol. The number of rotatable bonds is 5. The van der Waals surface area contributed by atoms with Crippen LogP contribution in [-0.2, 0) is 6.54 Å². The first-order chi connectivity index (χ1) is 8.66. The van der Waals surface area contributed by atoms with E-state index in [1.807, 2.05) is 19.3 Å². The van der Waals surface area contributed by atoms with Crippen LogP contribution in [0.25, 0.3) is 0 Å². The first-order valence-corrected chi connectivity index (χ1v) is 6.44. The Hall–Kier alpha value is -1.61. The Kier molecular flexibility index (Phi) is 4.15. The van der Waals surface area contributed by atoms with Gasteiger partial charge in [-0.1, -0.05) is 29.8 Å². The largest absolute Gasteiger partial charge is 0.334 e. The van der Waals surface area contributed by atoms with Crippen LogP contribution in [0.2, 0.25) is 0 Å². The Bertz CT molecular complexity index is 485. The molecule has 0 aliphatic rings. The van der Waals surface area contributed by atoms with Crippen LogP contribution in [0.3, 0.4) is 0 Å². The average molecular weight is 243 g/mol. The molecule has 1 aromatic carbocycles. The first-order valence-electron chi connectivity index (χ1n) is 6.44. The van der Waals surface area contributed by atoms with Crippen LogP contribution in [-0.4, -0.2) is 16.1 Å². The summed E-state index contributed by atoms with van der Waals surface area (Å²) < 4.78 is 2.16. The molecular weight excluding hydrogens is 222 g/mol. The lowest BCUT2D eigenvalue weighted by Crippen LogP contribution is -2.23. The van der Waals surface area contributed by atoms with Crippen LogP contribution in [0.4, 0.5) is 0 Å². The highest BCUT2D eigenvalue weighted by atomic mass is 15.1. The molecule has 3 heteroatoms. The number of aromatic nitrogens is 2. The summed E-state index contributed by atoms with van der Waals surface area (Å²) >= 11 is 0. The number of nitrogens with one attached hydrogen (secondary N) is 1. The molecular formula is C15H21N3. The zero-order valence-corrected chi connectivity index (χ0v) is 11.4. The van der Waals surface area contributed by atoms with Crippen LogP contribution >= 0.6 is 0 Å². The van der Waals surface area contributed by atoms with Crippen LogP contribution in [0.5, 0.6) is 0 Å². The van der Waals surface area contributed by atoms with E-state index in [9.17, 15) is 0 Å². The van der Waals surface area contributed by atoms with Crippen molar-refractivity contribution in [3.63, 3.8) is 0 Å². The fraction of sp³-hybridized carbons (Fsp3) is 0.400. The molecule has 0 spiro atoms. The van der Waals surface area contributed by atoms with Gasteiger partial charge in [0.15, 0.2) is 0 Å². The third-order valence-corrected chi connectivity index (χ3v) is 3.30. The molecule has 0 fully saturated rings. The van der Waals surface area contributed by atoms with Gasteiger partial charge < -0.3 is 9.88 Å². The maximum atomic E-state index is 4.22. The Balaban J connectivity index is 1.83. The molecule has 3 nitrogen and oxygen atoms in total. The number of hydrogen-bond acceptors (Lipinski definition) is 2. The predicted octanol–water partition coefficient (Wildman–Crippen LogP) is 2.85. The van der Waals surface area contributed by atoms with E-state index in [4.69, 9.17) is 0 Å². The van der Waals surface area contributed by atoms with Crippen LogP contribution in [0.1, 0.15) is 29.9 Å².